The molecule has 27 heavy (non-hydrogen) atoms. The first-order chi connectivity index (χ1) is 12.9. The second kappa shape index (κ2) is 11.5. The molecule has 0 saturated heterocycles. The maximum absolute atomic E-state index is 14.0. The molecule has 1 aromatic heterocycles. The molecule has 2 heterocycles. The van der Waals surface area contributed by atoms with Crippen molar-refractivity contribution in [3.8, 4) is 0 Å². The van der Waals surface area contributed by atoms with Crippen LogP contribution in [0.5, 0.6) is 0 Å². The van der Waals surface area contributed by atoms with Crippen LogP contribution in [0.4, 0.5) is 13.2 Å². The molecule has 2 atom stereocenters. The molecule has 6 nitrogen and oxygen atoms in total. The van der Waals surface area contributed by atoms with E-state index in [9.17, 15) is 18.3 Å². The van der Waals surface area contributed by atoms with E-state index in [1.54, 1.807) is 17.4 Å². The minimum atomic E-state index is -1.90. The first kappa shape index (κ1) is 22.9. The number of rotatable bonds is 3. The Kier molecular flexibility index (Phi) is 9.76. The molecule has 0 aliphatic carbocycles. The Morgan fingerprint density at radius 2 is 1.89 bits per heavy atom. The van der Waals surface area contributed by atoms with Gasteiger partial charge in [-0.15, -0.1) is 5.53 Å². The lowest BCUT2D eigenvalue weighted by Gasteiger charge is -2.16. The van der Waals surface area contributed by atoms with E-state index < -0.39 is 23.9 Å². The summed E-state index contributed by atoms with van der Waals surface area (Å²) >= 11 is 3.15. The lowest BCUT2D eigenvalue weighted by molar-refractivity contribution is 0.0719. The van der Waals surface area contributed by atoms with Crippen LogP contribution in [0.2, 0.25) is 0 Å². The third kappa shape index (κ3) is 7.16. The highest BCUT2D eigenvalue weighted by molar-refractivity contribution is 9.10. The minimum absolute atomic E-state index is 0.0283. The van der Waals surface area contributed by atoms with Crippen LogP contribution >= 0.6 is 15.9 Å². The summed E-state index contributed by atoms with van der Waals surface area (Å²) in [7, 11) is 1.85. The normalized spacial score (nSPS) is 14.3. The molecule has 10 heteroatoms. The van der Waals surface area contributed by atoms with Crippen LogP contribution < -0.4 is 11.1 Å². The number of aromatic nitrogens is 1. The predicted molar refractivity (Wildman–Crippen MR) is 101 cm³/mol. The SMILES string of the molecule is CC.CN1C=NNN1.OC(c1ccc(F)cc1F)C(F)c1ccc(Br)cn1. The van der Waals surface area contributed by atoms with Crippen molar-refractivity contribution in [1.29, 1.82) is 0 Å². The molecule has 0 bridgehead atoms. The van der Waals surface area contributed by atoms with Crippen molar-refractivity contribution in [3.05, 3.63) is 63.9 Å². The fourth-order valence-electron chi connectivity index (χ4n) is 1.86. The van der Waals surface area contributed by atoms with E-state index in [1.165, 1.54) is 12.3 Å². The summed E-state index contributed by atoms with van der Waals surface area (Å²) in [6.07, 6.45) is -0.627. The average molecular weight is 448 g/mol. The Labute approximate surface area is 164 Å². The van der Waals surface area contributed by atoms with Gasteiger partial charge in [-0.1, -0.05) is 19.9 Å². The molecule has 3 rings (SSSR count). The number of hydrazine groups is 2. The van der Waals surface area contributed by atoms with Crippen LogP contribution in [0.1, 0.15) is 37.4 Å². The van der Waals surface area contributed by atoms with E-state index >= 15 is 0 Å². The molecule has 0 amide bonds. The van der Waals surface area contributed by atoms with E-state index in [1.807, 2.05) is 20.9 Å². The number of hydrazone groups is 1. The van der Waals surface area contributed by atoms with Crippen LogP contribution in [-0.2, 0) is 0 Å². The Hall–Kier alpha value is -2.17. The monoisotopic (exact) mass is 447 g/mol. The quantitative estimate of drug-likeness (QED) is 0.667. The van der Waals surface area contributed by atoms with E-state index in [0.717, 1.165) is 12.1 Å². The first-order valence-electron chi connectivity index (χ1n) is 8.03. The maximum Gasteiger partial charge on any atom is 0.172 e. The number of nitrogens with one attached hydrogen (secondary N) is 2. The summed E-state index contributed by atoms with van der Waals surface area (Å²) in [5.41, 5.74) is 4.86. The summed E-state index contributed by atoms with van der Waals surface area (Å²) in [6, 6.07) is 5.51. The third-order valence-corrected chi connectivity index (χ3v) is 3.58. The second-order valence-electron chi connectivity index (χ2n) is 4.99. The second-order valence-corrected chi connectivity index (χ2v) is 5.91. The van der Waals surface area contributed by atoms with E-state index in [2.05, 4.69) is 37.1 Å². The number of aliphatic hydroxyl groups excluding tert-OH is 1. The van der Waals surface area contributed by atoms with E-state index in [-0.39, 0.29) is 11.3 Å². The molecule has 0 saturated carbocycles. The number of hydrogen-bond acceptors (Lipinski definition) is 6. The highest BCUT2D eigenvalue weighted by Crippen LogP contribution is 2.32. The van der Waals surface area contributed by atoms with Gasteiger partial charge in [0.05, 0.1) is 5.69 Å². The number of alkyl halides is 1. The molecule has 3 N–H and O–H groups in total. The molecule has 1 aliphatic heterocycles. The molecule has 0 radical (unpaired) electrons. The Morgan fingerprint density at radius 3 is 2.33 bits per heavy atom. The van der Waals surface area contributed by atoms with Crippen LogP contribution in [0.25, 0.3) is 0 Å². The maximum atomic E-state index is 14.0. The van der Waals surface area contributed by atoms with Crippen molar-refractivity contribution in [2.45, 2.75) is 26.1 Å². The Balaban J connectivity index is 0.000000381. The van der Waals surface area contributed by atoms with Gasteiger partial charge in [0.1, 0.15) is 24.1 Å². The van der Waals surface area contributed by atoms with Crippen molar-refractivity contribution in [3.63, 3.8) is 0 Å². The smallest absolute Gasteiger partial charge is 0.172 e. The van der Waals surface area contributed by atoms with Gasteiger partial charge in [0.2, 0.25) is 0 Å². The van der Waals surface area contributed by atoms with E-state index in [0.29, 0.717) is 10.5 Å². The molecule has 148 valence electrons. The van der Waals surface area contributed by atoms with Crippen molar-refractivity contribution in [2.75, 3.05) is 7.05 Å². The van der Waals surface area contributed by atoms with Gasteiger partial charge in [0, 0.05) is 29.3 Å². The van der Waals surface area contributed by atoms with Gasteiger partial charge in [-0.2, -0.15) is 5.10 Å². The number of nitrogens with zero attached hydrogens (tertiary/aromatic N) is 3. The standard InChI is InChI=1S/C13H9BrF3NO.C2H6N4.C2H6/c14-7-1-4-11(18-6-7)12(17)13(19)9-3-2-8(15)5-10(9)16;1-6-2-3-4-5-6;1-2/h1-6,12-13,19H;2,4-5H,1H3;1-2H3. The first-order valence-corrected chi connectivity index (χ1v) is 8.83. The van der Waals surface area contributed by atoms with Crippen molar-refractivity contribution >= 4 is 22.3 Å². The van der Waals surface area contributed by atoms with Crippen LogP contribution in [0, 0.1) is 11.6 Å². The summed E-state index contributed by atoms with van der Waals surface area (Å²) in [6.45, 7) is 4.00. The largest absolute Gasteiger partial charge is 0.385 e. The highest BCUT2D eigenvalue weighted by atomic mass is 79.9. The number of pyridine rings is 1. The van der Waals surface area contributed by atoms with Crippen molar-refractivity contribution < 1.29 is 18.3 Å². The molecule has 0 fully saturated rings. The van der Waals surface area contributed by atoms with Gasteiger partial charge >= 0.3 is 0 Å². The summed E-state index contributed by atoms with van der Waals surface area (Å²) in [5, 5.41) is 15.1. The molecular formula is C17H21BrF3N5O. The van der Waals surface area contributed by atoms with Crippen LogP contribution in [0.3, 0.4) is 0 Å². The van der Waals surface area contributed by atoms with E-state index in [4.69, 9.17) is 0 Å². The summed E-state index contributed by atoms with van der Waals surface area (Å²) < 4.78 is 40.9. The topological polar surface area (TPSA) is 72.8 Å². The number of hydrogen-bond donors (Lipinski definition) is 3. The zero-order valence-corrected chi connectivity index (χ0v) is 16.6. The summed E-state index contributed by atoms with van der Waals surface area (Å²) in [5.74, 6) is -1.78. The fraction of sp³-hybridized carbons (Fsp3) is 0.294. The van der Waals surface area contributed by atoms with Crippen molar-refractivity contribution in [2.24, 2.45) is 5.10 Å². The third-order valence-electron chi connectivity index (χ3n) is 3.11. The summed E-state index contributed by atoms with van der Waals surface area (Å²) in [4.78, 5) is 3.79. The molecule has 1 aromatic carbocycles. The van der Waals surface area contributed by atoms with Gasteiger partial charge < -0.3 is 5.11 Å². The van der Waals surface area contributed by atoms with Crippen molar-refractivity contribution in [1.82, 2.24) is 21.1 Å². The lowest BCUT2D eigenvalue weighted by Crippen LogP contribution is -2.33. The average Bonchev–Trinajstić information content (AvgIpc) is 3.14. The zero-order chi connectivity index (χ0) is 20.4. The Morgan fingerprint density at radius 1 is 1.19 bits per heavy atom. The van der Waals surface area contributed by atoms with Gasteiger partial charge in [0.15, 0.2) is 6.17 Å². The molecule has 2 unspecified atom stereocenters. The highest BCUT2D eigenvalue weighted by Gasteiger charge is 2.26. The van der Waals surface area contributed by atoms with Gasteiger partial charge in [-0.05, 0) is 34.1 Å². The van der Waals surface area contributed by atoms with Gasteiger partial charge in [0.25, 0.3) is 0 Å². The molecule has 0 spiro atoms. The number of aliphatic hydroxyl groups is 1. The van der Waals surface area contributed by atoms with Gasteiger partial charge in [-0.3, -0.25) is 9.99 Å². The van der Waals surface area contributed by atoms with Gasteiger partial charge in [-0.25, -0.2) is 18.7 Å². The Bertz CT molecular complexity index is 733. The lowest BCUT2D eigenvalue weighted by atomic mass is 10.0. The molecule has 2 aromatic rings. The minimum Gasteiger partial charge on any atom is -0.385 e. The zero-order valence-electron chi connectivity index (χ0n) is 15.0. The number of benzene rings is 1. The fourth-order valence-corrected chi connectivity index (χ4v) is 2.10. The predicted octanol–water partition coefficient (Wildman–Crippen LogP) is 3.78. The number of halogens is 4. The van der Waals surface area contributed by atoms with Crippen LogP contribution in [-0.4, -0.2) is 28.5 Å². The molecular weight excluding hydrogens is 427 g/mol. The molecule has 1 aliphatic rings. The van der Waals surface area contributed by atoms with Crippen LogP contribution in [0.15, 0.2) is 46.1 Å².